The molecule has 0 fully saturated rings. The Bertz CT molecular complexity index is 951. The van der Waals surface area contributed by atoms with Gasteiger partial charge < -0.3 is 20.1 Å². The van der Waals surface area contributed by atoms with Crippen molar-refractivity contribution in [2.75, 3.05) is 13.7 Å². The molecule has 2 aromatic carbocycles. The minimum absolute atomic E-state index is 0. The number of nitrogens with one attached hydrogen (secondary N) is 2. The molecule has 164 valence electrons. The van der Waals surface area contributed by atoms with Gasteiger partial charge in [0.2, 0.25) is 0 Å². The summed E-state index contributed by atoms with van der Waals surface area (Å²) >= 11 is 0. The lowest BCUT2D eigenvalue weighted by molar-refractivity contribution is 0.301. The number of halogens is 1. The van der Waals surface area contributed by atoms with Gasteiger partial charge in [0.25, 0.3) is 0 Å². The van der Waals surface area contributed by atoms with Gasteiger partial charge in [-0.1, -0.05) is 30.3 Å². The molecule has 0 unspecified atom stereocenters. The number of benzene rings is 2. The summed E-state index contributed by atoms with van der Waals surface area (Å²) in [6.45, 7) is 4.49. The molecule has 31 heavy (non-hydrogen) atoms. The van der Waals surface area contributed by atoms with E-state index in [1.165, 1.54) is 0 Å². The number of nitrogens with zero attached hydrogens (tertiary/aromatic N) is 2. The molecule has 0 bridgehead atoms. The van der Waals surface area contributed by atoms with E-state index in [0.29, 0.717) is 19.7 Å². The Morgan fingerprint density at radius 3 is 2.45 bits per heavy atom. The monoisotopic (exact) mass is 532 g/mol. The summed E-state index contributed by atoms with van der Waals surface area (Å²) < 4.78 is 11.1. The van der Waals surface area contributed by atoms with Gasteiger partial charge >= 0.3 is 0 Å². The summed E-state index contributed by atoms with van der Waals surface area (Å²) in [7, 11) is 1.67. The highest BCUT2D eigenvalue weighted by Gasteiger charge is 2.02. The largest absolute Gasteiger partial charge is 0.497 e. The lowest BCUT2D eigenvalue weighted by atomic mass is 10.2. The van der Waals surface area contributed by atoms with Crippen LogP contribution in [0, 0.1) is 0 Å². The zero-order valence-corrected chi connectivity index (χ0v) is 20.2. The topological polar surface area (TPSA) is 67.8 Å². The molecule has 1 heterocycles. The fourth-order valence-electron chi connectivity index (χ4n) is 2.85. The van der Waals surface area contributed by atoms with Gasteiger partial charge in [-0.15, -0.1) is 24.0 Å². The number of pyridine rings is 1. The minimum Gasteiger partial charge on any atom is -0.497 e. The van der Waals surface area contributed by atoms with Crippen LogP contribution in [0.5, 0.6) is 11.5 Å². The summed E-state index contributed by atoms with van der Waals surface area (Å²) in [6.07, 6.45) is 1.77. The molecule has 0 aliphatic rings. The van der Waals surface area contributed by atoms with Crippen molar-refractivity contribution in [1.82, 2.24) is 15.6 Å². The summed E-state index contributed by atoms with van der Waals surface area (Å²) in [4.78, 5) is 8.98. The first kappa shape index (κ1) is 24.5. The van der Waals surface area contributed by atoms with E-state index in [1.54, 1.807) is 13.3 Å². The second-order valence-electron chi connectivity index (χ2n) is 6.66. The molecule has 0 atom stereocenters. The van der Waals surface area contributed by atoms with E-state index in [0.717, 1.165) is 40.8 Å². The average molecular weight is 532 g/mol. The van der Waals surface area contributed by atoms with Crippen LogP contribution >= 0.6 is 24.0 Å². The predicted octanol–water partition coefficient (Wildman–Crippen LogP) is 4.54. The van der Waals surface area contributed by atoms with E-state index in [9.17, 15) is 0 Å². The molecular formula is C24H29IN4O2. The van der Waals surface area contributed by atoms with Gasteiger partial charge in [0.15, 0.2) is 5.96 Å². The van der Waals surface area contributed by atoms with Crippen LogP contribution in [-0.4, -0.2) is 24.6 Å². The second-order valence-corrected chi connectivity index (χ2v) is 6.66. The number of hydrogen-bond acceptors (Lipinski definition) is 4. The zero-order valence-electron chi connectivity index (χ0n) is 17.9. The Labute approximate surface area is 201 Å². The first-order valence-corrected chi connectivity index (χ1v) is 10.0. The lowest BCUT2D eigenvalue weighted by Crippen LogP contribution is -2.36. The van der Waals surface area contributed by atoms with Crippen LogP contribution < -0.4 is 20.1 Å². The molecule has 0 amide bonds. The normalized spacial score (nSPS) is 10.7. The number of rotatable bonds is 9. The summed E-state index contributed by atoms with van der Waals surface area (Å²) in [5.74, 6) is 2.42. The molecule has 0 radical (unpaired) electrons. The van der Waals surface area contributed by atoms with E-state index in [4.69, 9.17) is 14.5 Å². The second kappa shape index (κ2) is 13.5. The van der Waals surface area contributed by atoms with Crippen LogP contribution in [0.15, 0.2) is 77.9 Å². The lowest BCUT2D eigenvalue weighted by Gasteiger charge is -2.12. The van der Waals surface area contributed by atoms with Crippen molar-refractivity contribution in [2.24, 2.45) is 4.99 Å². The van der Waals surface area contributed by atoms with Crippen molar-refractivity contribution in [1.29, 1.82) is 0 Å². The van der Waals surface area contributed by atoms with Gasteiger partial charge in [0.1, 0.15) is 18.1 Å². The number of methoxy groups -OCH3 is 1. The van der Waals surface area contributed by atoms with E-state index in [1.807, 2.05) is 60.7 Å². The van der Waals surface area contributed by atoms with Crippen molar-refractivity contribution in [3.8, 4) is 11.5 Å². The van der Waals surface area contributed by atoms with Crippen LogP contribution in [0.2, 0.25) is 0 Å². The minimum atomic E-state index is 0. The Kier molecular flexibility index (Phi) is 10.6. The molecule has 3 rings (SSSR count). The molecule has 6 nitrogen and oxygen atoms in total. The number of hydrogen-bond donors (Lipinski definition) is 2. The van der Waals surface area contributed by atoms with E-state index < -0.39 is 0 Å². The molecule has 7 heteroatoms. The molecule has 0 saturated heterocycles. The number of aromatic nitrogens is 1. The van der Waals surface area contributed by atoms with Crippen molar-refractivity contribution in [3.63, 3.8) is 0 Å². The zero-order chi connectivity index (χ0) is 21.0. The van der Waals surface area contributed by atoms with Crippen molar-refractivity contribution in [3.05, 3.63) is 89.7 Å². The van der Waals surface area contributed by atoms with Gasteiger partial charge in [0, 0.05) is 19.3 Å². The SMILES string of the molecule is CCNC(=NCc1cccc(OCc2ccccn2)c1)NCc1cccc(OC)c1.I. The molecule has 0 aliphatic heterocycles. The Hall–Kier alpha value is -2.81. The van der Waals surface area contributed by atoms with E-state index in [-0.39, 0.29) is 24.0 Å². The van der Waals surface area contributed by atoms with Gasteiger partial charge in [0.05, 0.1) is 19.3 Å². The standard InChI is InChI=1S/C24H28N4O2.HI/c1-3-25-24(27-16-19-8-6-11-22(14-19)29-2)28-17-20-9-7-12-23(15-20)30-18-21-10-4-5-13-26-21;/h4-15H,3,16-18H2,1-2H3,(H2,25,27,28);1H. The quantitative estimate of drug-likeness (QED) is 0.241. The summed E-state index contributed by atoms with van der Waals surface area (Å²) in [5.41, 5.74) is 3.11. The molecule has 0 saturated carbocycles. The summed E-state index contributed by atoms with van der Waals surface area (Å²) in [6, 6.07) is 21.8. The Morgan fingerprint density at radius 1 is 0.935 bits per heavy atom. The summed E-state index contributed by atoms with van der Waals surface area (Å²) in [5, 5.41) is 6.64. The third-order valence-corrected chi connectivity index (χ3v) is 4.37. The smallest absolute Gasteiger partial charge is 0.191 e. The van der Waals surface area contributed by atoms with Crippen LogP contribution in [0.4, 0.5) is 0 Å². The first-order valence-electron chi connectivity index (χ1n) is 10.0. The van der Waals surface area contributed by atoms with Crippen molar-refractivity contribution >= 4 is 29.9 Å². The van der Waals surface area contributed by atoms with Crippen LogP contribution in [0.25, 0.3) is 0 Å². The molecule has 1 aromatic heterocycles. The van der Waals surface area contributed by atoms with E-state index >= 15 is 0 Å². The fourth-order valence-corrected chi connectivity index (χ4v) is 2.85. The van der Waals surface area contributed by atoms with Gasteiger partial charge in [-0.05, 0) is 54.4 Å². The molecule has 3 aromatic rings. The van der Waals surface area contributed by atoms with Crippen LogP contribution in [-0.2, 0) is 19.7 Å². The fraction of sp³-hybridized carbons (Fsp3) is 0.250. The average Bonchev–Trinajstić information content (AvgIpc) is 2.80. The maximum Gasteiger partial charge on any atom is 0.191 e. The third kappa shape index (κ3) is 8.45. The highest BCUT2D eigenvalue weighted by atomic mass is 127. The number of guanidine groups is 1. The highest BCUT2D eigenvalue weighted by Crippen LogP contribution is 2.16. The number of ether oxygens (including phenoxy) is 2. The van der Waals surface area contributed by atoms with E-state index in [2.05, 4.69) is 28.6 Å². The Balaban J connectivity index is 0.00000341. The van der Waals surface area contributed by atoms with Crippen molar-refractivity contribution < 1.29 is 9.47 Å². The molecule has 2 N–H and O–H groups in total. The van der Waals surface area contributed by atoms with Gasteiger partial charge in [-0.2, -0.15) is 0 Å². The maximum absolute atomic E-state index is 5.86. The van der Waals surface area contributed by atoms with Crippen LogP contribution in [0.1, 0.15) is 23.7 Å². The third-order valence-electron chi connectivity index (χ3n) is 4.37. The maximum atomic E-state index is 5.86. The van der Waals surface area contributed by atoms with Gasteiger partial charge in [-0.3, -0.25) is 4.98 Å². The van der Waals surface area contributed by atoms with Crippen molar-refractivity contribution in [2.45, 2.75) is 26.6 Å². The van der Waals surface area contributed by atoms with Crippen LogP contribution in [0.3, 0.4) is 0 Å². The molecule has 0 spiro atoms. The molecule has 0 aliphatic carbocycles. The first-order chi connectivity index (χ1) is 14.8. The highest BCUT2D eigenvalue weighted by molar-refractivity contribution is 14.0. The number of aliphatic imine (C=N–C) groups is 1. The molecular weight excluding hydrogens is 503 g/mol. The Morgan fingerprint density at radius 2 is 1.71 bits per heavy atom. The predicted molar refractivity (Wildman–Crippen MR) is 135 cm³/mol. The van der Waals surface area contributed by atoms with Gasteiger partial charge in [-0.25, -0.2) is 4.99 Å².